The van der Waals surface area contributed by atoms with Crippen LogP contribution in [0.15, 0.2) is 175 Å². The molecule has 7 aromatic carbocycles. The monoisotopic (exact) mass is 698 g/mol. The highest BCUT2D eigenvalue weighted by Gasteiger charge is 2.43. The highest BCUT2D eigenvalue weighted by Crippen LogP contribution is 2.47. The fourth-order valence-electron chi connectivity index (χ4n) is 9.43. The number of hydrogen-bond donors (Lipinski definition) is 0. The maximum absolute atomic E-state index is 13.4. The van der Waals surface area contributed by atoms with Crippen LogP contribution in [-0.4, -0.2) is 22.6 Å². The summed E-state index contributed by atoms with van der Waals surface area (Å²) in [6, 6.07) is 53.8. The number of rotatable bonds is 3. The smallest absolute Gasteiger partial charge is 0.185 e. The van der Waals surface area contributed by atoms with E-state index >= 15 is 0 Å². The Bertz CT molecular complexity index is 3370. The molecule has 0 radical (unpaired) electrons. The number of sulfone groups is 1. The lowest BCUT2D eigenvalue weighted by Crippen LogP contribution is -2.19. The second-order valence-corrected chi connectivity index (χ2v) is 16.6. The molecule has 4 nitrogen and oxygen atoms in total. The fraction of sp³-hybridized carbons (Fsp3) is 0.0417. The van der Waals surface area contributed by atoms with Crippen molar-refractivity contribution in [3.8, 4) is 16.8 Å². The SMILES string of the molecule is O=S1(=O)c2ccccc2C2C=C(c3ccc4c5cc(-c6ccc7c(c6)c6ccccc6n7-c6ccccc6)cc6c7ccccc7n(c4c3)c65)C=CC21. The van der Waals surface area contributed by atoms with Crippen LogP contribution in [0.4, 0.5) is 0 Å². The van der Waals surface area contributed by atoms with E-state index in [2.05, 4.69) is 142 Å². The number of para-hydroxylation sites is 3. The highest BCUT2D eigenvalue weighted by molar-refractivity contribution is 7.92. The van der Waals surface area contributed by atoms with Gasteiger partial charge in [0.25, 0.3) is 0 Å². The third-order valence-electron chi connectivity index (χ3n) is 11.8. The molecule has 1 aliphatic carbocycles. The van der Waals surface area contributed by atoms with Crippen LogP contribution in [0.3, 0.4) is 0 Å². The van der Waals surface area contributed by atoms with Gasteiger partial charge in [0.15, 0.2) is 9.84 Å². The number of aromatic nitrogens is 2. The standard InChI is InChI=1S/C48H30N2O2S/c51-53(52)46-17-9-6-14-37(46)39-25-29(20-23-47(39)53)31-18-21-36-41-27-32(26-40-35-13-5-8-16-43(35)50(48(40)41)45(36)28-31)30-19-22-44-38(24-30)34-12-4-7-15-42(34)49(44)33-10-2-1-3-11-33/h1-28,39,47H. The number of allylic oxidation sites excluding steroid dienone is 3. The van der Waals surface area contributed by atoms with E-state index in [1.165, 1.54) is 65.5 Å². The molecular weight excluding hydrogens is 669 g/mol. The van der Waals surface area contributed by atoms with Gasteiger partial charge in [-0.15, -0.1) is 0 Å². The van der Waals surface area contributed by atoms with Gasteiger partial charge in [-0.1, -0.05) is 109 Å². The minimum atomic E-state index is -3.40. The molecule has 12 rings (SSSR count). The Morgan fingerprint density at radius 2 is 1.13 bits per heavy atom. The quantitative estimate of drug-likeness (QED) is 0.184. The first-order valence-corrected chi connectivity index (χ1v) is 19.6. The molecule has 5 heteroatoms. The van der Waals surface area contributed by atoms with Crippen LogP contribution >= 0.6 is 0 Å². The summed E-state index contributed by atoms with van der Waals surface area (Å²) in [5, 5.41) is 6.83. The Morgan fingerprint density at radius 1 is 0.491 bits per heavy atom. The largest absolute Gasteiger partial charge is 0.309 e. The summed E-state index contributed by atoms with van der Waals surface area (Å²) in [5.74, 6) is -0.192. The molecule has 0 N–H and O–H groups in total. The van der Waals surface area contributed by atoms with E-state index in [4.69, 9.17) is 0 Å². The number of benzene rings is 7. The Morgan fingerprint density at radius 3 is 1.96 bits per heavy atom. The molecule has 1 aliphatic heterocycles. The van der Waals surface area contributed by atoms with E-state index in [0.29, 0.717) is 4.90 Å². The summed E-state index contributed by atoms with van der Waals surface area (Å²) < 4.78 is 31.5. The number of fused-ring (bicyclic) bond motifs is 12. The van der Waals surface area contributed by atoms with Crippen molar-refractivity contribution in [2.75, 3.05) is 0 Å². The minimum absolute atomic E-state index is 0.192. The first-order valence-electron chi connectivity index (χ1n) is 18.1. The van der Waals surface area contributed by atoms with E-state index in [1.807, 2.05) is 30.4 Å². The predicted molar refractivity (Wildman–Crippen MR) is 218 cm³/mol. The van der Waals surface area contributed by atoms with E-state index in [9.17, 15) is 8.42 Å². The topological polar surface area (TPSA) is 43.5 Å². The fourth-order valence-corrected chi connectivity index (χ4v) is 11.4. The normalized spacial score (nSPS) is 17.8. The second-order valence-electron chi connectivity index (χ2n) is 14.5. The Balaban J connectivity index is 1.06. The van der Waals surface area contributed by atoms with Crippen molar-refractivity contribution < 1.29 is 8.42 Å². The molecule has 53 heavy (non-hydrogen) atoms. The van der Waals surface area contributed by atoms with Crippen molar-refractivity contribution >= 4 is 75.3 Å². The molecule has 10 aromatic rings. The first-order chi connectivity index (χ1) is 26.0. The van der Waals surface area contributed by atoms with E-state index in [0.717, 1.165) is 27.9 Å². The average Bonchev–Trinajstić information content (AvgIpc) is 3.90. The molecule has 250 valence electrons. The minimum Gasteiger partial charge on any atom is -0.309 e. The van der Waals surface area contributed by atoms with Gasteiger partial charge in [-0.3, -0.25) is 0 Å². The van der Waals surface area contributed by atoms with Crippen molar-refractivity contribution in [2.24, 2.45) is 0 Å². The van der Waals surface area contributed by atoms with Crippen molar-refractivity contribution in [2.45, 2.75) is 16.1 Å². The number of nitrogens with zero attached hydrogens (tertiary/aromatic N) is 2. The zero-order valence-electron chi connectivity index (χ0n) is 28.4. The maximum Gasteiger partial charge on any atom is 0.185 e. The van der Waals surface area contributed by atoms with Crippen molar-refractivity contribution in [1.29, 1.82) is 0 Å². The Hall–Kier alpha value is -6.43. The highest BCUT2D eigenvalue weighted by atomic mass is 32.2. The van der Waals surface area contributed by atoms with E-state index in [1.54, 1.807) is 6.07 Å². The van der Waals surface area contributed by atoms with Crippen molar-refractivity contribution in [1.82, 2.24) is 8.97 Å². The zero-order valence-corrected chi connectivity index (χ0v) is 29.3. The molecule has 2 aliphatic rings. The summed E-state index contributed by atoms with van der Waals surface area (Å²) in [5.41, 5.74) is 12.5. The van der Waals surface area contributed by atoms with Gasteiger partial charge in [-0.2, -0.15) is 0 Å². The van der Waals surface area contributed by atoms with Gasteiger partial charge in [0, 0.05) is 43.9 Å². The maximum atomic E-state index is 13.4. The molecule has 4 heterocycles. The van der Waals surface area contributed by atoms with Gasteiger partial charge in [0.2, 0.25) is 0 Å². The molecule has 0 saturated heterocycles. The van der Waals surface area contributed by atoms with Gasteiger partial charge in [-0.05, 0) is 88.5 Å². The zero-order chi connectivity index (χ0) is 35.0. The third kappa shape index (κ3) is 3.87. The van der Waals surface area contributed by atoms with Crippen LogP contribution in [-0.2, 0) is 9.84 Å². The van der Waals surface area contributed by atoms with Gasteiger partial charge in [0.05, 0.1) is 37.7 Å². The van der Waals surface area contributed by atoms with Crippen LogP contribution in [0.5, 0.6) is 0 Å². The van der Waals surface area contributed by atoms with Crippen LogP contribution < -0.4 is 0 Å². The molecule has 0 saturated carbocycles. The summed E-state index contributed by atoms with van der Waals surface area (Å²) >= 11 is 0. The summed E-state index contributed by atoms with van der Waals surface area (Å²) in [6.07, 6.45) is 6.05. The lowest BCUT2D eigenvalue weighted by molar-refractivity contribution is 0.592. The molecule has 0 spiro atoms. The van der Waals surface area contributed by atoms with Crippen molar-refractivity contribution in [3.63, 3.8) is 0 Å². The summed E-state index contributed by atoms with van der Waals surface area (Å²) in [6.45, 7) is 0. The van der Waals surface area contributed by atoms with Gasteiger partial charge < -0.3 is 8.97 Å². The third-order valence-corrected chi connectivity index (χ3v) is 13.9. The van der Waals surface area contributed by atoms with Crippen LogP contribution in [0, 0.1) is 0 Å². The van der Waals surface area contributed by atoms with E-state index in [-0.39, 0.29) is 5.92 Å². The Labute approximate surface area is 305 Å². The van der Waals surface area contributed by atoms with Crippen LogP contribution in [0.1, 0.15) is 17.0 Å². The molecule has 2 unspecified atom stereocenters. The summed E-state index contributed by atoms with van der Waals surface area (Å²) in [7, 11) is -3.40. The van der Waals surface area contributed by atoms with Gasteiger partial charge in [-0.25, -0.2) is 8.42 Å². The van der Waals surface area contributed by atoms with Gasteiger partial charge >= 0.3 is 0 Å². The van der Waals surface area contributed by atoms with Crippen LogP contribution in [0.2, 0.25) is 0 Å². The molecular formula is C48H30N2O2S. The molecule has 0 bridgehead atoms. The molecule has 0 amide bonds. The first kappa shape index (κ1) is 29.2. The predicted octanol–water partition coefficient (Wildman–Crippen LogP) is 11.5. The molecule has 0 fully saturated rings. The van der Waals surface area contributed by atoms with Gasteiger partial charge in [0.1, 0.15) is 0 Å². The number of hydrogen-bond acceptors (Lipinski definition) is 2. The second kappa shape index (κ2) is 10.3. The average molecular weight is 699 g/mol. The summed E-state index contributed by atoms with van der Waals surface area (Å²) in [4.78, 5) is 0.458. The lowest BCUT2D eigenvalue weighted by Gasteiger charge is -2.19. The Kier molecular flexibility index (Phi) is 5.69. The molecule has 3 aromatic heterocycles. The molecule has 2 atom stereocenters. The van der Waals surface area contributed by atoms with Crippen molar-refractivity contribution in [3.05, 3.63) is 181 Å². The van der Waals surface area contributed by atoms with E-state index < -0.39 is 15.1 Å². The lowest BCUT2D eigenvalue weighted by atomic mass is 9.87. The van der Waals surface area contributed by atoms with Crippen LogP contribution in [0.25, 0.3) is 82.3 Å².